The summed E-state index contributed by atoms with van der Waals surface area (Å²) >= 11 is 0. The predicted molar refractivity (Wildman–Crippen MR) is 91.8 cm³/mol. The van der Waals surface area contributed by atoms with Crippen LogP contribution >= 0.6 is 0 Å². The summed E-state index contributed by atoms with van der Waals surface area (Å²) in [5.74, 6) is 0.839. The third-order valence-corrected chi connectivity index (χ3v) is 4.62. The lowest BCUT2D eigenvalue weighted by Gasteiger charge is -2.28. The smallest absolute Gasteiger partial charge is 0.0449 e. The van der Waals surface area contributed by atoms with Crippen molar-refractivity contribution in [2.24, 2.45) is 5.92 Å². The molecule has 1 aliphatic heterocycles. The molecule has 3 unspecified atom stereocenters. The normalized spacial score (nSPS) is 24.4. The van der Waals surface area contributed by atoms with Crippen molar-refractivity contribution in [1.29, 1.82) is 0 Å². The van der Waals surface area contributed by atoms with Crippen LogP contribution in [-0.4, -0.2) is 30.6 Å². The zero-order valence-corrected chi connectivity index (χ0v) is 14.4. The summed E-state index contributed by atoms with van der Waals surface area (Å²) in [5.41, 5.74) is 4.19. The quantitative estimate of drug-likeness (QED) is 0.848. The summed E-state index contributed by atoms with van der Waals surface area (Å²) in [4.78, 5) is 2.66. The number of aryl methyl sites for hydroxylation is 2. The van der Waals surface area contributed by atoms with Crippen LogP contribution in [0.15, 0.2) is 18.2 Å². The lowest BCUT2D eigenvalue weighted by Crippen LogP contribution is -2.37. The Morgan fingerprint density at radius 3 is 2.38 bits per heavy atom. The largest absolute Gasteiger partial charge is 0.309 e. The first-order chi connectivity index (χ1) is 9.99. The van der Waals surface area contributed by atoms with E-state index in [0.717, 1.165) is 25.0 Å². The molecule has 0 bridgehead atoms. The minimum absolute atomic E-state index is 0.455. The topological polar surface area (TPSA) is 15.3 Å². The molecular weight excluding hydrogens is 256 g/mol. The maximum atomic E-state index is 3.76. The van der Waals surface area contributed by atoms with Gasteiger partial charge >= 0.3 is 0 Å². The van der Waals surface area contributed by atoms with Crippen LogP contribution in [-0.2, 0) is 0 Å². The van der Waals surface area contributed by atoms with Gasteiger partial charge in [0, 0.05) is 25.2 Å². The molecule has 1 heterocycles. The van der Waals surface area contributed by atoms with Gasteiger partial charge in [0.25, 0.3) is 0 Å². The molecule has 0 amide bonds. The zero-order valence-electron chi connectivity index (χ0n) is 14.4. The number of likely N-dealkylation sites (tertiary alicyclic amines) is 1. The van der Waals surface area contributed by atoms with E-state index in [1.54, 1.807) is 0 Å². The van der Waals surface area contributed by atoms with E-state index in [-0.39, 0.29) is 0 Å². The highest BCUT2D eigenvalue weighted by molar-refractivity contribution is 5.31. The lowest BCUT2D eigenvalue weighted by atomic mass is 10.0. The first-order valence-electron chi connectivity index (χ1n) is 8.55. The minimum Gasteiger partial charge on any atom is -0.309 e. The summed E-state index contributed by atoms with van der Waals surface area (Å²) in [6.07, 6.45) is 2.53. The average Bonchev–Trinajstić information content (AvgIpc) is 2.71. The van der Waals surface area contributed by atoms with Gasteiger partial charge in [-0.05, 0) is 51.6 Å². The molecule has 118 valence electrons. The molecule has 2 rings (SSSR count). The fourth-order valence-electron chi connectivity index (χ4n) is 3.69. The van der Waals surface area contributed by atoms with Crippen molar-refractivity contribution in [1.82, 2.24) is 10.2 Å². The average molecular weight is 288 g/mol. The van der Waals surface area contributed by atoms with Crippen LogP contribution < -0.4 is 5.32 Å². The van der Waals surface area contributed by atoms with Crippen LogP contribution in [0.25, 0.3) is 0 Å². The molecule has 21 heavy (non-hydrogen) atoms. The summed E-state index contributed by atoms with van der Waals surface area (Å²) < 4.78 is 0. The van der Waals surface area contributed by atoms with E-state index in [1.807, 2.05) is 0 Å². The monoisotopic (exact) mass is 288 g/mol. The van der Waals surface area contributed by atoms with Crippen LogP contribution in [0.5, 0.6) is 0 Å². The Labute approximate surface area is 130 Å². The number of hydrogen-bond acceptors (Lipinski definition) is 2. The van der Waals surface area contributed by atoms with Crippen molar-refractivity contribution in [3.63, 3.8) is 0 Å². The lowest BCUT2D eigenvalue weighted by molar-refractivity contribution is 0.234. The van der Waals surface area contributed by atoms with Crippen molar-refractivity contribution in [2.45, 2.75) is 59.5 Å². The van der Waals surface area contributed by atoms with Gasteiger partial charge in [-0.15, -0.1) is 0 Å². The summed E-state index contributed by atoms with van der Waals surface area (Å²) in [5, 5.41) is 3.76. The van der Waals surface area contributed by atoms with Crippen molar-refractivity contribution in [3.8, 4) is 0 Å². The summed E-state index contributed by atoms with van der Waals surface area (Å²) in [6, 6.07) is 8.14. The molecule has 0 spiro atoms. The molecule has 1 aromatic rings. The Bertz CT molecular complexity index is 435. The first kappa shape index (κ1) is 16.5. The Hall–Kier alpha value is -0.860. The fourth-order valence-corrected chi connectivity index (χ4v) is 3.69. The van der Waals surface area contributed by atoms with E-state index in [4.69, 9.17) is 0 Å². The third-order valence-electron chi connectivity index (χ3n) is 4.62. The third kappa shape index (κ3) is 4.55. The van der Waals surface area contributed by atoms with Crippen LogP contribution in [0.3, 0.4) is 0 Å². The second-order valence-electron chi connectivity index (χ2n) is 7.07. The SMILES string of the molecule is CCCNC(CN1CC(C)CC1C)c1cc(C)cc(C)c1. The van der Waals surface area contributed by atoms with Gasteiger partial charge in [-0.3, -0.25) is 4.90 Å². The van der Waals surface area contributed by atoms with Gasteiger partial charge in [-0.1, -0.05) is 43.2 Å². The predicted octanol–water partition coefficient (Wildman–Crippen LogP) is 4.07. The molecule has 0 aromatic heterocycles. The highest BCUT2D eigenvalue weighted by Crippen LogP contribution is 2.26. The van der Waals surface area contributed by atoms with Crippen molar-refractivity contribution < 1.29 is 0 Å². The van der Waals surface area contributed by atoms with Gasteiger partial charge in [-0.2, -0.15) is 0 Å². The minimum atomic E-state index is 0.455. The van der Waals surface area contributed by atoms with Crippen LogP contribution in [0.1, 0.15) is 56.3 Å². The van der Waals surface area contributed by atoms with Crippen LogP contribution in [0.4, 0.5) is 0 Å². The Morgan fingerprint density at radius 1 is 1.19 bits per heavy atom. The van der Waals surface area contributed by atoms with Crippen molar-refractivity contribution >= 4 is 0 Å². The van der Waals surface area contributed by atoms with Crippen LogP contribution in [0.2, 0.25) is 0 Å². The Morgan fingerprint density at radius 2 is 1.86 bits per heavy atom. The standard InChI is InChI=1S/C19H32N2/c1-6-7-20-19(13-21-12-16(4)9-17(21)5)18-10-14(2)8-15(3)11-18/h8,10-11,16-17,19-20H,6-7,9,12-13H2,1-5H3. The number of nitrogens with zero attached hydrogens (tertiary/aromatic N) is 1. The van der Waals surface area contributed by atoms with E-state index in [0.29, 0.717) is 6.04 Å². The summed E-state index contributed by atoms with van der Waals surface area (Å²) in [6.45, 7) is 14.9. The zero-order chi connectivity index (χ0) is 15.4. The molecular formula is C19H32N2. The maximum Gasteiger partial charge on any atom is 0.0449 e. The van der Waals surface area contributed by atoms with E-state index >= 15 is 0 Å². The van der Waals surface area contributed by atoms with Gasteiger partial charge < -0.3 is 5.32 Å². The van der Waals surface area contributed by atoms with Gasteiger partial charge in [0.05, 0.1) is 0 Å². The molecule has 1 saturated heterocycles. The number of benzene rings is 1. The molecule has 0 saturated carbocycles. The molecule has 3 atom stereocenters. The fraction of sp³-hybridized carbons (Fsp3) is 0.684. The first-order valence-corrected chi connectivity index (χ1v) is 8.55. The Balaban J connectivity index is 2.13. The van der Waals surface area contributed by atoms with Gasteiger partial charge in [-0.25, -0.2) is 0 Å². The van der Waals surface area contributed by atoms with E-state index in [2.05, 4.69) is 63.0 Å². The van der Waals surface area contributed by atoms with Crippen molar-refractivity contribution in [3.05, 3.63) is 34.9 Å². The molecule has 2 heteroatoms. The van der Waals surface area contributed by atoms with Gasteiger partial charge in [0.15, 0.2) is 0 Å². The van der Waals surface area contributed by atoms with Gasteiger partial charge in [0.1, 0.15) is 0 Å². The molecule has 2 nitrogen and oxygen atoms in total. The van der Waals surface area contributed by atoms with Gasteiger partial charge in [0.2, 0.25) is 0 Å². The number of nitrogens with one attached hydrogen (secondary N) is 1. The van der Waals surface area contributed by atoms with E-state index in [1.165, 1.54) is 36.1 Å². The molecule has 1 aromatic carbocycles. The van der Waals surface area contributed by atoms with Crippen LogP contribution in [0, 0.1) is 19.8 Å². The molecule has 0 radical (unpaired) electrons. The highest BCUT2D eigenvalue weighted by Gasteiger charge is 2.28. The molecule has 1 fully saturated rings. The summed E-state index contributed by atoms with van der Waals surface area (Å²) in [7, 11) is 0. The second kappa shape index (κ2) is 7.42. The highest BCUT2D eigenvalue weighted by atomic mass is 15.2. The molecule has 1 aliphatic rings. The number of hydrogen-bond donors (Lipinski definition) is 1. The maximum absolute atomic E-state index is 3.76. The number of rotatable bonds is 6. The van der Waals surface area contributed by atoms with E-state index < -0.39 is 0 Å². The second-order valence-corrected chi connectivity index (χ2v) is 7.07. The van der Waals surface area contributed by atoms with Crippen molar-refractivity contribution in [2.75, 3.05) is 19.6 Å². The molecule has 1 N–H and O–H groups in total. The molecule has 0 aliphatic carbocycles. The Kier molecular flexibility index (Phi) is 5.83. The van der Waals surface area contributed by atoms with E-state index in [9.17, 15) is 0 Å².